The first-order valence-electron chi connectivity index (χ1n) is 13.8. The number of hydrogen-bond donors (Lipinski definition) is 2. The maximum absolute atomic E-state index is 14.7. The second-order valence-electron chi connectivity index (χ2n) is 10.7. The van der Waals surface area contributed by atoms with E-state index < -0.39 is 5.82 Å². The van der Waals surface area contributed by atoms with Crippen LogP contribution >= 0.6 is 11.6 Å². The number of carbonyl (C=O) groups excluding carboxylic acids is 1. The average Bonchev–Trinajstić information content (AvgIpc) is 2.95. The zero-order valence-corrected chi connectivity index (χ0v) is 23.8. The highest BCUT2D eigenvalue weighted by Crippen LogP contribution is 2.35. The second kappa shape index (κ2) is 13.0. The molecule has 0 bridgehead atoms. The fraction of sp³-hybridized carbons (Fsp3) is 0.448. The number of likely N-dealkylation sites (N-methyl/N-ethyl adjacent to an activating group) is 1. The molecule has 0 radical (unpaired) electrons. The molecule has 0 spiro atoms. The summed E-state index contributed by atoms with van der Waals surface area (Å²) in [6.07, 6.45) is 3.97. The Morgan fingerprint density at radius 1 is 1.00 bits per heavy atom. The minimum atomic E-state index is -0.415. The summed E-state index contributed by atoms with van der Waals surface area (Å²) in [5.41, 5.74) is 3.02. The van der Waals surface area contributed by atoms with Crippen LogP contribution < -0.4 is 10.6 Å². The summed E-state index contributed by atoms with van der Waals surface area (Å²) in [7, 11) is 4.23. The summed E-state index contributed by atoms with van der Waals surface area (Å²) < 4.78 is 14.7. The predicted octanol–water partition coefficient (Wildman–Crippen LogP) is 4.46. The van der Waals surface area contributed by atoms with E-state index in [-0.39, 0.29) is 11.8 Å². The summed E-state index contributed by atoms with van der Waals surface area (Å²) in [5, 5.41) is 15.8. The van der Waals surface area contributed by atoms with E-state index in [1.165, 1.54) is 12.1 Å². The molecular formula is C29H36ClFN8O. The van der Waals surface area contributed by atoms with Crippen LogP contribution in [0.2, 0.25) is 5.02 Å². The lowest BCUT2D eigenvalue weighted by atomic mass is 9.92. The van der Waals surface area contributed by atoms with Crippen molar-refractivity contribution in [1.82, 2.24) is 29.9 Å². The Hall–Kier alpha value is -3.18. The van der Waals surface area contributed by atoms with Crippen molar-refractivity contribution < 1.29 is 9.18 Å². The lowest BCUT2D eigenvalue weighted by Gasteiger charge is -2.32. The van der Waals surface area contributed by atoms with E-state index in [1.54, 1.807) is 18.3 Å². The number of aromatic nitrogens is 3. The highest BCUT2D eigenvalue weighted by atomic mass is 35.5. The Bertz CT molecular complexity index is 1330. The first-order valence-corrected chi connectivity index (χ1v) is 14.2. The van der Waals surface area contributed by atoms with E-state index in [1.807, 2.05) is 12.1 Å². The molecule has 2 saturated heterocycles. The molecule has 0 atom stereocenters. The highest BCUT2D eigenvalue weighted by Gasteiger charge is 2.24. The maximum atomic E-state index is 14.7. The number of benzene rings is 1. The topological polar surface area (TPSA) is 89.5 Å². The first kappa shape index (κ1) is 28.4. The number of piperazine rings is 1. The Morgan fingerprint density at radius 3 is 2.52 bits per heavy atom. The molecule has 3 aromatic rings. The number of rotatable bonds is 8. The van der Waals surface area contributed by atoms with Crippen molar-refractivity contribution in [3.05, 3.63) is 59.1 Å². The van der Waals surface area contributed by atoms with Gasteiger partial charge in [0.1, 0.15) is 11.6 Å². The lowest BCUT2D eigenvalue weighted by Crippen LogP contribution is -2.45. The van der Waals surface area contributed by atoms with Gasteiger partial charge in [-0.3, -0.25) is 4.79 Å². The Kier molecular flexibility index (Phi) is 9.21. The van der Waals surface area contributed by atoms with Crippen LogP contribution in [0, 0.1) is 5.82 Å². The van der Waals surface area contributed by atoms with Gasteiger partial charge in [-0.1, -0.05) is 11.6 Å². The fourth-order valence-corrected chi connectivity index (χ4v) is 5.35. The zero-order chi connectivity index (χ0) is 28.1. The minimum Gasteiger partial charge on any atom is -0.354 e. The quantitative estimate of drug-likeness (QED) is 0.413. The second-order valence-corrected chi connectivity index (χ2v) is 11.2. The van der Waals surface area contributed by atoms with E-state index in [4.69, 9.17) is 11.6 Å². The third-order valence-corrected chi connectivity index (χ3v) is 7.92. The lowest BCUT2D eigenvalue weighted by molar-refractivity contribution is -0.116. The van der Waals surface area contributed by atoms with E-state index in [2.05, 4.69) is 54.6 Å². The monoisotopic (exact) mass is 566 g/mol. The van der Waals surface area contributed by atoms with Gasteiger partial charge in [0.05, 0.1) is 17.1 Å². The van der Waals surface area contributed by atoms with Crippen LogP contribution in [-0.4, -0.2) is 95.7 Å². The van der Waals surface area contributed by atoms with Crippen molar-refractivity contribution in [2.24, 2.45) is 0 Å². The molecule has 1 amide bonds. The zero-order valence-electron chi connectivity index (χ0n) is 23.0. The summed E-state index contributed by atoms with van der Waals surface area (Å²) in [6.45, 7) is 6.65. The number of likely N-dealkylation sites (tertiary alicyclic amines) is 1. The molecule has 4 heterocycles. The van der Waals surface area contributed by atoms with E-state index in [9.17, 15) is 9.18 Å². The van der Waals surface area contributed by atoms with Gasteiger partial charge in [0.2, 0.25) is 5.91 Å². The van der Waals surface area contributed by atoms with Gasteiger partial charge in [0.15, 0.2) is 0 Å². The van der Waals surface area contributed by atoms with Crippen LogP contribution in [0.25, 0.3) is 11.3 Å². The Morgan fingerprint density at radius 2 is 1.75 bits per heavy atom. The maximum Gasteiger partial charge on any atom is 0.226 e. The molecule has 2 aromatic heterocycles. The van der Waals surface area contributed by atoms with Crippen molar-refractivity contribution in [2.75, 3.05) is 70.5 Å². The summed E-state index contributed by atoms with van der Waals surface area (Å²) in [4.78, 5) is 23.9. The first-order chi connectivity index (χ1) is 19.3. The largest absolute Gasteiger partial charge is 0.354 e. The Labute approximate surface area is 239 Å². The molecule has 1 aromatic carbocycles. The summed E-state index contributed by atoms with van der Waals surface area (Å²) in [6, 6.07) is 9.85. The van der Waals surface area contributed by atoms with Crippen LogP contribution in [0.1, 0.15) is 30.9 Å². The van der Waals surface area contributed by atoms with Gasteiger partial charge < -0.3 is 25.3 Å². The molecule has 9 nitrogen and oxygen atoms in total. The molecule has 11 heteroatoms. The molecule has 0 aliphatic carbocycles. The molecule has 2 aliphatic heterocycles. The average molecular weight is 567 g/mol. The van der Waals surface area contributed by atoms with Crippen LogP contribution in [0.4, 0.5) is 21.6 Å². The number of nitrogens with zero attached hydrogens (tertiary/aromatic N) is 6. The van der Waals surface area contributed by atoms with E-state index in [0.717, 1.165) is 75.7 Å². The highest BCUT2D eigenvalue weighted by molar-refractivity contribution is 6.30. The summed E-state index contributed by atoms with van der Waals surface area (Å²) in [5.74, 6) is 0.208. The molecule has 0 unspecified atom stereocenters. The van der Waals surface area contributed by atoms with Gasteiger partial charge in [-0.05, 0) is 70.4 Å². The van der Waals surface area contributed by atoms with Crippen molar-refractivity contribution in [3.8, 4) is 11.3 Å². The standard InChI is InChI=1S/C29H36ClFN8O/c1-37-10-6-20(7-11-37)29-26(19-25(35-36-29)23-17-21(30)3-4-24(23)31)33-22-5-9-32-27(18-22)34-28(40)8-12-39-15-13-38(2)14-16-39/h3-5,9,17-20H,6-8,10-16H2,1-2H3,(H2,32,33,34,35,40). The van der Waals surface area contributed by atoms with Crippen LogP contribution in [0.3, 0.4) is 0 Å². The van der Waals surface area contributed by atoms with Crippen molar-refractivity contribution in [1.29, 1.82) is 0 Å². The fourth-order valence-electron chi connectivity index (χ4n) is 5.18. The van der Waals surface area contributed by atoms with Gasteiger partial charge in [0, 0.05) is 73.6 Å². The number of amides is 1. The van der Waals surface area contributed by atoms with Gasteiger partial charge >= 0.3 is 0 Å². The van der Waals surface area contributed by atoms with E-state index in [0.29, 0.717) is 28.5 Å². The van der Waals surface area contributed by atoms with Crippen LogP contribution in [0.5, 0.6) is 0 Å². The third kappa shape index (κ3) is 7.31. The molecule has 0 saturated carbocycles. The molecule has 2 aliphatic rings. The smallest absolute Gasteiger partial charge is 0.226 e. The number of hydrogen-bond acceptors (Lipinski definition) is 8. The van der Waals surface area contributed by atoms with Crippen molar-refractivity contribution >= 4 is 34.7 Å². The van der Waals surface area contributed by atoms with Crippen LogP contribution in [0.15, 0.2) is 42.6 Å². The number of carbonyl (C=O) groups is 1. The number of anilines is 3. The van der Waals surface area contributed by atoms with Gasteiger partial charge in [0.25, 0.3) is 0 Å². The molecule has 2 N–H and O–H groups in total. The van der Waals surface area contributed by atoms with Crippen molar-refractivity contribution in [2.45, 2.75) is 25.2 Å². The van der Waals surface area contributed by atoms with Gasteiger partial charge in [-0.15, -0.1) is 5.10 Å². The molecule has 212 valence electrons. The molecule has 40 heavy (non-hydrogen) atoms. The predicted molar refractivity (Wildman–Crippen MR) is 157 cm³/mol. The molecular weight excluding hydrogens is 531 g/mol. The number of halogens is 2. The normalized spacial score (nSPS) is 17.6. The number of pyridine rings is 1. The van der Waals surface area contributed by atoms with Crippen LogP contribution in [-0.2, 0) is 4.79 Å². The third-order valence-electron chi connectivity index (χ3n) is 7.69. The molecule has 2 fully saturated rings. The Balaban J connectivity index is 1.33. The van der Waals surface area contributed by atoms with E-state index >= 15 is 0 Å². The summed E-state index contributed by atoms with van der Waals surface area (Å²) >= 11 is 6.15. The number of nitrogens with one attached hydrogen (secondary N) is 2. The van der Waals surface area contributed by atoms with Crippen molar-refractivity contribution in [3.63, 3.8) is 0 Å². The SMILES string of the molecule is CN1CCC(c2nnc(-c3cc(Cl)ccc3F)cc2Nc2ccnc(NC(=O)CCN3CCN(C)CC3)c2)CC1. The molecule has 5 rings (SSSR count). The number of piperidine rings is 1. The van der Waals surface area contributed by atoms with Gasteiger partial charge in [-0.2, -0.15) is 5.10 Å². The minimum absolute atomic E-state index is 0.0695. The van der Waals surface area contributed by atoms with Gasteiger partial charge in [-0.25, -0.2) is 9.37 Å².